The molecule has 2 aromatic carbocycles. The molecule has 2 aromatic heterocycles. The summed E-state index contributed by atoms with van der Waals surface area (Å²) in [7, 11) is -9.41. The summed E-state index contributed by atoms with van der Waals surface area (Å²) in [5.41, 5.74) is -3.25. The van der Waals surface area contributed by atoms with Crippen LogP contribution >= 0.6 is 0 Å². The molecule has 188 valence electrons. The van der Waals surface area contributed by atoms with Crippen LogP contribution in [0.3, 0.4) is 0 Å². The first kappa shape index (κ1) is 24.4. The van der Waals surface area contributed by atoms with Gasteiger partial charge in [0.15, 0.2) is 15.4 Å². The molecule has 0 radical (unpaired) electrons. The molecule has 0 atom stereocenters. The average molecular weight is 537 g/mol. The fraction of sp³-hybridized carbons (Fsp3) is 0.250. The minimum atomic E-state index is -5.59. The Labute approximate surface area is 204 Å². The Hall–Kier alpha value is -3.25. The Balaban J connectivity index is 1.60. The third-order valence-corrected chi connectivity index (χ3v) is 9.26. The highest BCUT2D eigenvalue weighted by molar-refractivity contribution is 7.92. The Kier molecular flexibility index (Phi) is 5.71. The van der Waals surface area contributed by atoms with Crippen molar-refractivity contribution in [3.8, 4) is 22.7 Å². The predicted molar refractivity (Wildman–Crippen MR) is 126 cm³/mol. The van der Waals surface area contributed by atoms with E-state index in [0.717, 1.165) is 36.6 Å². The van der Waals surface area contributed by atoms with Crippen molar-refractivity contribution in [1.82, 2.24) is 9.97 Å². The van der Waals surface area contributed by atoms with E-state index in [0.29, 0.717) is 11.5 Å². The molecule has 7 nitrogen and oxygen atoms in total. The molecule has 1 fully saturated rings. The molecule has 0 saturated heterocycles. The summed E-state index contributed by atoms with van der Waals surface area (Å²) in [5, 5.41) is 0. The van der Waals surface area contributed by atoms with E-state index in [1.165, 1.54) is 24.8 Å². The highest BCUT2D eigenvalue weighted by Crippen LogP contribution is 2.41. The Morgan fingerprint density at radius 1 is 0.972 bits per heavy atom. The van der Waals surface area contributed by atoms with Crippen molar-refractivity contribution in [3.63, 3.8) is 0 Å². The van der Waals surface area contributed by atoms with Gasteiger partial charge in [-0.1, -0.05) is 31.2 Å². The molecule has 12 heteroatoms. The van der Waals surface area contributed by atoms with Gasteiger partial charge >= 0.3 is 5.51 Å². The predicted octanol–water partition coefficient (Wildman–Crippen LogP) is 5.52. The van der Waals surface area contributed by atoms with Crippen molar-refractivity contribution in [1.29, 1.82) is 0 Å². The summed E-state index contributed by atoms with van der Waals surface area (Å²) in [4.78, 5) is 7.20. The first-order valence-corrected chi connectivity index (χ1v) is 14.1. The molecule has 1 aliphatic carbocycles. The van der Waals surface area contributed by atoms with Crippen molar-refractivity contribution < 1.29 is 34.4 Å². The van der Waals surface area contributed by atoms with Crippen LogP contribution in [0.15, 0.2) is 68.9 Å². The lowest BCUT2D eigenvalue weighted by Gasteiger charge is -2.09. The lowest BCUT2D eigenvalue weighted by atomic mass is 10.0. The van der Waals surface area contributed by atoms with Crippen LogP contribution in [-0.2, 0) is 19.7 Å². The van der Waals surface area contributed by atoms with Gasteiger partial charge in [0, 0.05) is 11.8 Å². The maximum absolute atomic E-state index is 12.9. The van der Waals surface area contributed by atoms with E-state index in [4.69, 9.17) is 4.42 Å². The van der Waals surface area contributed by atoms with E-state index in [9.17, 15) is 30.0 Å². The van der Waals surface area contributed by atoms with Gasteiger partial charge in [-0.05, 0) is 54.2 Å². The number of benzene rings is 2. The summed E-state index contributed by atoms with van der Waals surface area (Å²) < 4.78 is 93.8. The summed E-state index contributed by atoms with van der Waals surface area (Å²) in [5.74, 6) is 0.0792. The zero-order valence-electron chi connectivity index (χ0n) is 18.8. The molecule has 36 heavy (non-hydrogen) atoms. The first-order chi connectivity index (χ1) is 16.9. The molecule has 2 heterocycles. The lowest BCUT2D eigenvalue weighted by molar-refractivity contribution is -0.0435. The molecular formula is C24H19F3N2O5S2. The number of sulfone groups is 2. The Morgan fingerprint density at radius 2 is 1.67 bits per heavy atom. The lowest BCUT2D eigenvalue weighted by Crippen LogP contribution is -2.23. The summed E-state index contributed by atoms with van der Waals surface area (Å²) in [6.45, 7) is 1.47. The van der Waals surface area contributed by atoms with Crippen molar-refractivity contribution in [2.75, 3.05) is 5.75 Å². The maximum atomic E-state index is 12.9. The van der Waals surface area contributed by atoms with Crippen LogP contribution in [0, 0.1) is 0 Å². The van der Waals surface area contributed by atoms with Crippen LogP contribution in [0.2, 0.25) is 0 Å². The van der Waals surface area contributed by atoms with Gasteiger partial charge in [0.05, 0.1) is 15.5 Å². The van der Waals surface area contributed by atoms with Crippen molar-refractivity contribution in [2.24, 2.45) is 0 Å². The number of rotatable bonds is 6. The monoisotopic (exact) mass is 536 g/mol. The van der Waals surface area contributed by atoms with Gasteiger partial charge in [0.1, 0.15) is 11.2 Å². The highest BCUT2D eigenvalue weighted by Gasteiger charge is 2.47. The molecule has 0 unspecified atom stereocenters. The second kappa shape index (κ2) is 8.41. The SMILES string of the molecule is CCS(=O)(=O)c1cc(-c2ccc(C3CC3)cc2)cnc1-c1nc2cc(S(=O)(=O)C(F)(F)F)ccc2o1. The van der Waals surface area contributed by atoms with Crippen molar-refractivity contribution >= 4 is 30.8 Å². The molecule has 1 saturated carbocycles. The second-order valence-corrected chi connectivity index (χ2v) is 12.7. The van der Waals surface area contributed by atoms with Crippen molar-refractivity contribution in [3.05, 3.63) is 60.3 Å². The van der Waals surface area contributed by atoms with Crippen LogP contribution in [0.1, 0.15) is 31.2 Å². The number of hydrogen-bond acceptors (Lipinski definition) is 7. The molecule has 0 spiro atoms. The van der Waals surface area contributed by atoms with E-state index in [1.54, 1.807) is 0 Å². The van der Waals surface area contributed by atoms with Gasteiger partial charge in [-0.25, -0.2) is 26.8 Å². The minimum Gasteiger partial charge on any atom is -0.435 e. The van der Waals surface area contributed by atoms with Gasteiger partial charge < -0.3 is 4.42 Å². The van der Waals surface area contributed by atoms with E-state index in [2.05, 4.69) is 9.97 Å². The number of halogens is 3. The van der Waals surface area contributed by atoms with Crippen LogP contribution in [0.25, 0.3) is 33.8 Å². The molecule has 0 aliphatic heterocycles. The summed E-state index contributed by atoms with van der Waals surface area (Å²) in [6.07, 6.45) is 3.77. The van der Waals surface area contributed by atoms with Crippen LogP contribution < -0.4 is 0 Å². The van der Waals surface area contributed by atoms with E-state index < -0.39 is 30.1 Å². The second-order valence-electron chi connectivity index (χ2n) is 8.47. The fourth-order valence-corrected chi connectivity index (χ4v) is 5.66. The number of hydrogen-bond donors (Lipinski definition) is 0. The van der Waals surface area contributed by atoms with Gasteiger partial charge in [-0.15, -0.1) is 0 Å². The largest absolute Gasteiger partial charge is 0.501 e. The summed E-state index contributed by atoms with van der Waals surface area (Å²) >= 11 is 0. The molecule has 4 aromatic rings. The fourth-order valence-electron chi connectivity index (χ4n) is 3.83. The van der Waals surface area contributed by atoms with E-state index >= 15 is 0 Å². The Bertz CT molecular complexity index is 1690. The third-order valence-electron chi connectivity index (χ3n) is 6.04. The first-order valence-electron chi connectivity index (χ1n) is 11.0. The van der Waals surface area contributed by atoms with Gasteiger partial charge in [-0.2, -0.15) is 13.2 Å². The number of aromatic nitrogens is 2. The quantitative estimate of drug-likeness (QED) is 0.319. The third kappa shape index (κ3) is 4.28. The van der Waals surface area contributed by atoms with Gasteiger partial charge in [0.25, 0.3) is 9.84 Å². The van der Waals surface area contributed by atoms with Crippen LogP contribution in [-0.4, -0.2) is 38.1 Å². The zero-order chi connectivity index (χ0) is 25.9. The van der Waals surface area contributed by atoms with Gasteiger partial charge in [-0.3, -0.25) is 0 Å². The number of nitrogens with zero attached hydrogens (tertiary/aromatic N) is 2. The van der Waals surface area contributed by atoms with Gasteiger partial charge in [0.2, 0.25) is 5.89 Å². The molecule has 0 amide bonds. The molecule has 1 aliphatic rings. The number of fused-ring (bicyclic) bond motifs is 1. The standard InChI is InChI=1S/C24H19F3N2O5S2/c1-2-35(30,31)21-11-17(16-7-5-15(6-8-16)14-3-4-14)13-28-22(21)23-29-19-12-18(9-10-20(19)34-23)36(32,33)24(25,26)27/h5-14H,2-4H2,1H3. The minimum absolute atomic E-state index is 0.0208. The van der Waals surface area contributed by atoms with E-state index in [1.807, 2.05) is 24.3 Å². The molecule has 0 bridgehead atoms. The highest BCUT2D eigenvalue weighted by atomic mass is 32.2. The van der Waals surface area contributed by atoms with Crippen LogP contribution in [0.5, 0.6) is 0 Å². The number of pyridine rings is 1. The number of alkyl halides is 3. The zero-order valence-corrected chi connectivity index (χ0v) is 20.4. The van der Waals surface area contributed by atoms with E-state index in [-0.39, 0.29) is 33.3 Å². The average Bonchev–Trinajstić information content (AvgIpc) is 3.61. The Morgan fingerprint density at radius 3 is 2.28 bits per heavy atom. The smallest absolute Gasteiger partial charge is 0.435 e. The van der Waals surface area contributed by atoms with Crippen molar-refractivity contribution in [2.45, 2.75) is 41.0 Å². The topological polar surface area (TPSA) is 107 Å². The molecular weight excluding hydrogens is 517 g/mol. The normalized spacial score (nSPS) is 14.9. The molecule has 0 N–H and O–H groups in total. The molecule has 5 rings (SSSR count). The van der Waals surface area contributed by atoms with Crippen LogP contribution in [0.4, 0.5) is 13.2 Å². The summed E-state index contributed by atoms with van der Waals surface area (Å²) in [6, 6.07) is 11.8. The number of oxazole rings is 1. The maximum Gasteiger partial charge on any atom is 0.501 e.